The molecule has 0 saturated carbocycles. The molecule has 1 atom stereocenters. The highest BCUT2D eigenvalue weighted by Gasteiger charge is 2.34. The van der Waals surface area contributed by atoms with Crippen LogP contribution in [0, 0.1) is 11.6 Å². The van der Waals surface area contributed by atoms with Crippen molar-refractivity contribution in [3.05, 3.63) is 36.0 Å². The van der Waals surface area contributed by atoms with E-state index in [1.54, 1.807) is 4.90 Å². The number of anilines is 2. The highest BCUT2D eigenvalue weighted by atomic mass is 19.1. The molecule has 30 heavy (non-hydrogen) atoms. The van der Waals surface area contributed by atoms with E-state index in [0.717, 1.165) is 17.0 Å². The minimum atomic E-state index is -0.749. The molecule has 0 radical (unpaired) electrons. The van der Waals surface area contributed by atoms with Gasteiger partial charge in [-0.2, -0.15) is 4.98 Å². The Labute approximate surface area is 171 Å². The Bertz CT molecular complexity index is 908. The Kier molecular flexibility index (Phi) is 5.51. The molecule has 1 aromatic carbocycles. The third-order valence-corrected chi connectivity index (χ3v) is 5.32. The van der Waals surface area contributed by atoms with Crippen molar-refractivity contribution in [1.29, 1.82) is 0 Å². The summed E-state index contributed by atoms with van der Waals surface area (Å²) in [6.07, 6.45) is 1.26. The number of rotatable bonds is 5. The van der Waals surface area contributed by atoms with E-state index < -0.39 is 23.8 Å². The van der Waals surface area contributed by atoms with Crippen molar-refractivity contribution >= 4 is 23.4 Å². The second kappa shape index (κ2) is 8.25. The number of ether oxygens (including phenoxy) is 1. The SMILES string of the molecule is CC(=O)NCC1CN(c2cc(F)c(N3CCC(c4ncon4)CC3)c(F)c2)C(=O)O1. The molecule has 3 heterocycles. The second-order valence-electron chi connectivity index (χ2n) is 7.36. The molecule has 1 aromatic heterocycles. The molecule has 160 valence electrons. The number of hydrogen-bond acceptors (Lipinski definition) is 7. The summed E-state index contributed by atoms with van der Waals surface area (Å²) in [6, 6.07) is 2.26. The zero-order chi connectivity index (χ0) is 21.3. The number of carbonyl (C=O) groups excluding carboxylic acids is 2. The summed E-state index contributed by atoms with van der Waals surface area (Å²) in [5.74, 6) is -1.06. The lowest BCUT2D eigenvalue weighted by Crippen LogP contribution is -2.35. The summed E-state index contributed by atoms with van der Waals surface area (Å²) in [4.78, 5) is 30.0. The number of halogens is 2. The topological polar surface area (TPSA) is 101 Å². The number of carbonyl (C=O) groups is 2. The van der Waals surface area contributed by atoms with Gasteiger partial charge in [0.2, 0.25) is 12.3 Å². The summed E-state index contributed by atoms with van der Waals surface area (Å²) in [6.45, 7) is 2.46. The van der Waals surface area contributed by atoms with E-state index in [2.05, 4.69) is 15.5 Å². The lowest BCUT2D eigenvalue weighted by Gasteiger charge is -2.33. The maximum absolute atomic E-state index is 14.8. The van der Waals surface area contributed by atoms with Crippen LogP contribution in [0.25, 0.3) is 0 Å². The van der Waals surface area contributed by atoms with E-state index in [-0.39, 0.29) is 36.3 Å². The number of nitrogens with zero attached hydrogens (tertiary/aromatic N) is 4. The number of hydrogen-bond donors (Lipinski definition) is 1. The largest absolute Gasteiger partial charge is 0.442 e. The van der Waals surface area contributed by atoms with Gasteiger partial charge < -0.3 is 19.5 Å². The number of cyclic esters (lactones) is 1. The van der Waals surface area contributed by atoms with Gasteiger partial charge in [-0.3, -0.25) is 9.69 Å². The van der Waals surface area contributed by atoms with Crippen molar-refractivity contribution in [1.82, 2.24) is 15.5 Å². The smallest absolute Gasteiger partial charge is 0.414 e. The Morgan fingerprint density at radius 2 is 1.97 bits per heavy atom. The van der Waals surface area contributed by atoms with Crippen LogP contribution in [0.5, 0.6) is 0 Å². The molecule has 9 nitrogen and oxygen atoms in total. The molecule has 1 unspecified atom stereocenters. The minimum Gasteiger partial charge on any atom is -0.442 e. The lowest BCUT2D eigenvalue weighted by atomic mass is 9.95. The summed E-state index contributed by atoms with van der Waals surface area (Å²) in [5.41, 5.74) is -0.0431. The van der Waals surface area contributed by atoms with Gasteiger partial charge in [0, 0.05) is 38.1 Å². The highest BCUT2D eigenvalue weighted by molar-refractivity contribution is 5.90. The fourth-order valence-electron chi connectivity index (χ4n) is 3.83. The molecule has 0 bridgehead atoms. The van der Waals surface area contributed by atoms with Gasteiger partial charge in [0.1, 0.15) is 11.8 Å². The maximum atomic E-state index is 14.8. The van der Waals surface area contributed by atoms with E-state index in [1.165, 1.54) is 13.3 Å². The Hall–Kier alpha value is -3.24. The van der Waals surface area contributed by atoms with Gasteiger partial charge in [0.05, 0.1) is 18.8 Å². The van der Waals surface area contributed by atoms with E-state index in [4.69, 9.17) is 9.26 Å². The monoisotopic (exact) mass is 421 g/mol. The van der Waals surface area contributed by atoms with E-state index >= 15 is 0 Å². The van der Waals surface area contributed by atoms with Crippen molar-refractivity contribution in [3.63, 3.8) is 0 Å². The van der Waals surface area contributed by atoms with Crippen LogP contribution in [-0.4, -0.2) is 54.4 Å². The van der Waals surface area contributed by atoms with Crippen molar-refractivity contribution in [3.8, 4) is 0 Å². The van der Waals surface area contributed by atoms with Gasteiger partial charge in [0.15, 0.2) is 17.5 Å². The van der Waals surface area contributed by atoms with Crippen molar-refractivity contribution in [2.75, 3.05) is 36.0 Å². The molecule has 2 aromatic rings. The van der Waals surface area contributed by atoms with Gasteiger partial charge in [-0.25, -0.2) is 13.6 Å². The molecule has 2 saturated heterocycles. The van der Waals surface area contributed by atoms with Crippen LogP contribution < -0.4 is 15.1 Å². The Morgan fingerprint density at radius 3 is 2.57 bits per heavy atom. The predicted molar refractivity (Wildman–Crippen MR) is 101 cm³/mol. The fourth-order valence-corrected chi connectivity index (χ4v) is 3.83. The molecular weight excluding hydrogens is 400 g/mol. The van der Waals surface area contributed by atoms with E-state index in [0.29, 0.717) is 31.8 Å². The molecule has 2 amide bonds. The third-order valence-electron chi connectivity index (χ3n) is 5.32. The summed E-state index contributed by atoms with van der Waals surface area (Å²) in [7, 11) is 0. The molecule has 4 rings (SSSR count). The second-order valence-corrected chi connectivity index (χ2v) is 7.36. The van der Waals surface area contributed by atoms with Gasteiger partial charge >= 0.3 is 6.09 Å². The molecule has 0 aliphatic carbocycles. The first-order valence-corrected chi connectivity index (χ1v) is 9.65. The number of amides is 2. The van der Waals surface area contributed by atoms with Crippen LogP contribution >= 0.6 is 0 Å². The van der Waals surface area contributed by atoms with Gasteiger partial charge in [-0.05, 0) is 12.8 Å². The normalized spacial score (nSPS) is 19.8. The minimum absolute atomic E-state index is 0.0748. The number of nitrogens with one attached hydrogen (secondary N) is 1. The fraction of sp³-hybridized carbons (Fsp3) is 0.474. The molecule has 0 spiro atoms. The summed E-state index contributed by atoms with van der Waals surface area (Å²) in [5, 5.41) is 6.40. The first kappa shape index (κ1) is 20.0. The zero-order valence-electron chi connectivity index (χ0n) is 16.3. The maximum Gasteiger partial charge on any atom is 0.414 e. The summed E-state index contributed by atoms with van der Waals surface area (Å²) < 4.78 is 39.6. The predicted octanol–water partition coefficient (Wildman–Crippen LogP) is 2.19. The molecule has 1 N–H and O–H groups in total. The van der Waals surface area contributed by atoms with Crippen LogP contribution in [-0.2, 0) is 9.53 Å². The van der Waals surface area contributed by atoms with Crippen LogP contribution in [0.2, 0.25) is 0 Å². The first-order valence-electron chi connectivity index (χ1n) is 9.65. The van der Waals surface area contributed by atoms with Gasteiger partial charge in [0.25, 0.3) is 0 Å². The molecular formula is C19H21F2N5O4. The molecule has 2 aliphatic heterocycles. The van der Waals surface area contributed by atoms with Crippen LogP contribution in [0.15, 0.2) is 23.0 Å². The number of aromatic nitrogens is 2. The average Bonchev–Trinajstić information content (AvgIpc) is 3.36. The highest BCUT2D eigenvalue weighted by Crippen LogP contribution is 2.34. The average molecular weight is 421 g/mol. The number of piperidine rings is 1. The molecule has 11 heteroatoms. The standard InChI is InChI=1S/C19H21F2N5O4/c1-11(27)22-8-14-9-26(19(28)30-14)13-6-15(20)17(16(21)7-13)25-4-2-12(3-5-25)18-23-10-29-24-18/h6-7,10,12,14H,2-5,8-9H2,1H3,(H,22,27). The zero-order valence-corrected chi connectivity index (χ0v) is 16.3. The van der Waals surface area contributed by atoms with Crippen LogP contribution in [0.4, 0.5) is 25.0 Å². The first-order chi connectivity index (χ1) is 14.4. The van der Waals surface area contributed by atoms with E-state index in [1.807, 2.05) is 0 Å². The van der Waals surface area contributed by atoms with Crippen molar-refractivity contribution in [2.24, 2.45) is 0 Å². The van der Waals surface area contributed by atoms with Crippen molar-refractivity contribution in [2.45, 2.75) is 31.8 Å². The van der Waals surface area contributed by atoms with Gasteiger partial charge in [-0.15, -0.1) is 0 Å². The quantitative estimate of drug-likeness (QED) is 0.790. The van der Waals surface area contributed by atoms with Crippen LogP contribution in [0.1, 0.15) is 31.5 Å². The van der Waals surface area contributed by atoms with Gasteiger partial charge in [-0.1, -0.05) is 5.16 Å². The van der Waals surface area contributed by atoms with E-state index in [9.17, 15) is 18.4 Å². The summed E-state index contributed by atoms with van der Waals surface area (Å²) >= 11 is 0. The Balaban J connectivity index is 1.45. The van der Waals surface area contributed by atoms with Crippen molar-refractivity contribution < 1.29 is 27.6 Å². The lowest BCUT2D eigenvalue weighted by molar-refractivity contribution is -0.119. The van der Waals surface area contributed by atoms with Crippen LogP contribution in [0.3, 0.4) is 0 Å². The Morgan fingerprint density at radius 1 is 1.27 bits per heavy atom. The third kappa shape index (κ3) is 4.05. The number of benzene rings is 1. The molecule has 2 fully saturated rings. The molecule has 2 aliphatic rings.